The quantitative estimate of drug-likeness (QED) is 0.339. The van der Waals surface area contributed by atoms with E-state index >= 15 is 0 Å². The lowest BCUT2D eigenvalue weighted by Crippen LogP contribution is -2.37. The maximum absolute atomic E-state index is 14.6. The molecule has 12 heteroatoms. The van der Waals surface area contributed by atoms with Crippen molar-refractivity contribution in [3.8, 4) is 11.3 Å². The van der Waals surface area contributed by atoms with E-state index in [4.69, 9.17) is 11.6 Å². The van der Waals surface area contributed by atoms with E-state index in [0.717, 1.165) is 49.0 Å². The summed E-state index contributed by atoms with van der Waals surface area (Å²) in [6.45, 7) is 3.98. The Morgan fingerprint density at radius 2 is 1.92 bits per heavy atom. The van der Waals surface area contributed by atoms with Crippen molar-refractivity contribution in [3.63, 3.8) is 0 Å². The van der Waals surface area contributed by atoms with Crippen molar-refractivity contribution in [1.29, 1.82) is 0 Å². The number of pyridine rings is 1. The number of nitrogens with one attached hydrogen (secondary N) is 1. The van der Waals surface area contributed by atoms with E-state index in [1.165, 1.54) is 12.6 Å². The molecule has 1 fully saturated rings. The molecule has 0 spiro atoms. The Morgan fingerprint density at radius 1 is 1.11 bits per heavy atom. The average molecular weight is 528 g/mol. The van der Waals surface area contributed by atoms with Gasteiger partial charge in [-0.2, -0.15) is 5.10 Å². The van der Waals surface area contributed by atoms with Crippen LogP contribution in [0.25, 0.3) is 11.3 Å². The van der Waals surface area contributed by atoms with Crippen molar-refractivity contribution in [3.05, 3.63) is 82.9 Å². The highest BCUT2D eigenvalue weighted by Crippen LogP contribution is 2.35. The van der Waals surface area contributed by atoms with Crippen molar-refractivity contribution in [2.75, 3.05) is 23.3 Å². The molecule has 0 saturated carbocycles. The highest BCUT2D eigenvalue weighted by atomic mass is 35.5. The van der Waals surface area contributed by atoms with E-state index in [2.05, 4.69) is 30.3 Å². The summed E-state index contributed by atoms with van der Waals surface area (Å²) in [6, 6.07) is 5.88. The average Bonchev–Trinajstić information content (AvgIpc) is 3.33. The third-order valence-electron chi connectivity index (χ3n) is 6.17. The lowest BCUT2D eigenvalue weighted by Gasteiger charge is -2.32. The Kier molecular flexibility index (Phi) is 6.79. The lowest BCUT2D eigenvalue weighted by molar-refractivity contribution is 0.102. The van der Waals surface area contributed by atoms with Crippen LogP contribution in [0.5, 0.6) is 0 Å². The Bertz CT molecular complexity index is 1440. The second-order valence-electron chi connectivity index (χ2n) is 8.55. The van der Waals surface area contributed by atoms with Gasteiger partial charge in [0.2, 0.25) is 0 Å². The summed E-state index contributed by atoms with van der Waals surface area (Å²) in [6.07, 6.45) is 5.37. The van der Waals surface area contributed by atoms with Crippen molar-refractivity contribution >= 4 is 29.0 Å². The van der Waals surface area contributed by atoms with Crippen LogP contribution in [-0.4, -0.2) is 43.7 Å². The summed E-state index contributed by atoms with van der Waals surface area (Å²) in [7, 11) is 0. The van der Waals surface area contributed by atoms with E-state index in [9.17, 15) is 18.0 Å². The number of carbonyl (C=O) groups excluding carboxylic acids is 1. The number of aromatic nitrogens is 5. The normalized spacial score (nSPS) is 13.9. The number of anilines is 2. The molecule has 0 aliphatic carbocycles. The van der Waals surface area contributed by atoms with Crippen LogP contribution in [0, 0.1) is 5.82 Å². The van der Waals surface area contributed by atoms with Crippen molar-refractivity contribution in [2.45, 2.75) is 25.8 Å². The van der Waals surface area contributed by atoms with Gasteiger partial charge >= 0.3 is 0 Å². The second-order valence-corrected chi connectivity index (χ2v) is 8.95. The largest absolute Gasteiger partial charge is 0.356 e. The number of carbonyl (C=O) groups is 1. The highest BCUT2D eigenvalue weighted by Gasteiger charge is 2.23. The van der Waals surface area contributed by atoms with E-state index < -0.39 is 29.3 Å². The minimum Gasteiger partial charge on any atom is -0.356 e. The molecule has 5 rings (SSSR count). The van der Waals surface area contributed by atoms with Gasteiger partial charge in [-0.3, -0.25) is 14.5 Å². The Labute approximate surface area is 215 Å². The minimum atomic E-state index is -2.98. The number of amides is 1. The molecule has 1 aromatic carbocycles. The first-order valence-corrected chi connectivity index (χ1v) is 11.8. The summed E-state index contributed by atoms with van der Waals surface area (Å²) in [4.78, 5) is 27.5. The monoisotopic (exact) mass is 527 g/mol. The van der Waals surface area contributed by atoms with Gasteiger partial charge in [-0.15, -0.1) is 0 Å². The van der Waals surface area contributed by atoms with Crippen LogP contribution in [0.2, 0.25) is 5.02 Å². The maximum atomic E-state index is 14.6. The summed E-state index contributed by atoms with van der Waals surface area (Å²) >= 11 is 5.79. The van der Waals surface area contributed by atoms with Gasteiger partial charge in [-0.25, -0.2) is 23.1 Å². The number of hydrogen-bond acceptors (Lipinski definition) is 6. The molecule has 8 nitrogen and oxygen atoms in total. The number of halogens is 4. The van der Waals surface area contributed by atoms with Crippen LogP contribution in [0.15, 0.2) is 55.2 Å². The van der Waals surface area contributed by atoms with Gasteiger partial charge in [0.1, 0.15) is 11.5 Å². The molecule has 1 aliphatic heterocycles. The van der Waals surface area contributed by atoms with Crippen LogP contribution >= 0.6 is 11.6 Å². The number of hydrogen-bond donors (Lipinski definition) is 1. The third kappa shape index (κ3) is 4.99. The lowest BCUT2D eigenvalue weighted by atomic mass is 10.0. The van der Waals surface area contributed by atoms with Gasteiger partial charge in [0, 0.05) is 36.6 Å². The smallest absolute Gasteiger partial charge is 0.275 e. The van der Waals surface area contributed by atoms with E-state index in [1.807, 2.05) is 25.3 Å². The van der Waals surface area contributed by atoms with Crippen molar-refractivity contribution < 1.29 is 18.0 Å². The fourth-order valence-corrected chi connectivity index (χ4v) is 4.10. The molecule has 1 amide bonds. The van der Waals surface area contributed by atoms with E-state index in [1.54, 1.807) is 10.9 Å². The molecule has 0 bridgehead atoms. The zero-order valence-corrected chi connectivity index (χ0v) is 20.3. The fourth-order valence-electron chi connectivity index (χ4n) is 3.94. The Balaban J connectivity index is 1.32. The molecule has 4 aromatic rings. The van der Waals surface area contributed by atoms with Gasteiger partial charge in [0.25, 0.3) is 12.3 Å². The number of alkyl halides is 2. The third-order valence-corrected chi connectivity index (χ3v) is 6.47. The number of benzene rings is 1. The SMILES string of the molecule is C[C@@H](c1ccc(N2CCC2)nc1)n1cc(NC(=O)c2cncc(-c3c(C(F)F)ccc(Cl)c3F)n2)cn1. The molecule has 0 radical (unpaired) electrons. The zero-order valence-electron chi connectivity index (χ0n) is 19.6. The van der Waals surface area contributed by atoms with Crippen LogP contribution in [-0.2, 0) is 0 Å². The Hall–Kier alpha value is -3.99. The first-order chi connectivity index (χ1) is 17.8. The summed E-state index contributed by atoms with van der Waals surface area (Å²) in [5.74, 6) is -0.783. The number of nitrogens with zero attached hydrogens (tertiary/aromatic N) is 6. The molecule has 37 heavy (non-hydrogen) atoms. The van der Waals surface area contributed by atoms with Crippen molar-refractivity contribution in [2.24, 2.45) is 0 Å². The Morgan fingerprint density at radius 3 is 2.59 bits per heavy atom. The topological polar surface area (TPSA) is 88.8 Å². The first-order valence-electron chi connectivity index (χ1n) is 11.5. The minimum absolute atomic E-state index is 0.148. The summed E-state index contributed by atoms with van der Waals surface area (Å²) in [5.41, 5.74) is -0.194. The molecule has 1 atom stereocenters. The molecule has 0 unspecified atom stereocenters. The van der Waals surface area contributed by atoms with Crippen LogP contribution in [0.4, 0.5) is 24.7 Å². The summed E-state index contributed by atoms with van der Waals surface area (Å²) in [5, 5.41) is 6.63. The molecule has 1 saturated heterocycles. The predicted molar refractivity (Wildman–Crippen MR) is 132 cm³/mol. The van der Waals surface area contributed by atoms with Crippen LogP contribution in [0.1, 0.15) is 47.4 Å². The molecule has 4 heterocycles. The van der Waals surface area contributed by atoms with Crippen LogP contribution in [0.3, 0.4) is 0 Å². The molecule has 3 aromatic heterocycles. The van der Waals surface area contributed by atoms with Gasteiger partial charge in [0.15, 0.2) is 5.82 Å². The van der Waals surface area contributed by atoms with Crippen LogP contribution < -0.4 is 10.2 Å². The zero-order chi connectivity index (χ0) is 26.1. The molecular formula is C25H21ClF3N7O. The molecule has 1 aliphatic rings. The van der Waals surface area contributed by atoms with E-state index in [-0.39, 0.29) is 22.5 Å². The van der Waals surface area contributed by atoms with Gasteiger partial charge < -0.3 is 10.2 Å². The van der Waals surface area contributed by atoms with Gasteiger partial charge in [-0.05, 0) is 31.0 Å². The second kappa shape index (κ2) is 10.2. The first kappa shape index (κ1) is 24.7. The predicted octanol–water partition coefficient (Wildman–Crippen LogP) is 5.54. The molecule has 1 N–H and O–H groups in total. The highest BCUT2D eigenvalue weighted by molar-refractivity contribution is 6.31. The molecule has 190 valence electrons. The fraction of sp³-hybridized carbons (Fsp3) is 0.240. The standard InChI is InChI=1S/C25H21ClF3N7O/c1-14(15-3-6-21(31-9-15)35-7-2-8-35)36-13-16(10-32-36)33-25(37)20-12-30-11-19(34-20)22-17(24(28)29)4-5-18(26)23(22)27/h3-6,9-14,24H,2,7-8H2,1H3,(H,33,37)/t14-/m0/s1. The van der Waals surface area contributed by atoms with Gasteiger partial charge in [0.05, 0.1) is 41.0 Å². The number of rotatable bonds is 7. The maximum Gasteiger partial charge on any atom is 0.275 e. The summed E-state index contributed by atoms with van der Waals surface area (Å²) < 4.78 is 43.3. The van der Waals surface area contributed by atoms with Crippen molar-refractivity contribution in [1.82, 2.24) is 24.7 Å². The van der Waals surface area contributed by atoms with E-state index in [0.29, 0.717) is 5.69 Å². The van der Waals surface area contributed by atoms with Gasteiger partial charge in [-0.1, -0.05) is 23.7 Å². The molecular weight excluding hydrogens is 507 g/mol.